The highest BCUT2D eigenvalue weighted by molar-refractivity contribution is 6.37. The van der Waals surface area contributed by atoms with Gasteiger partial charge in [-0.15, -0.1) is 0 Å². The number of halogens is 4. The highest BCUT2D eigenvalue weighted by atomic mass is 35.5. The first-order valence-electron chi connectivity index (χ1n) is 8.71. The van der Waals surface area contributed by atoms with E-state index in [9.17, 15) is 13.2 Å². The molecule has 0 amide bonds. The van der Waals surface area contributed by atoms with Crippen LogP contribution in [-0.2, 0) is 0 Å². The van der Waals surface area contributed by atoms with Gasteiger partial charge in [0.2, 0.25) is 0 Å². The smallest absolute Gasteiger partial charge is 0.391 e. The van der Waals surface area contributed by atoms with E-state index < -0.39 is 12.1 Å². The van der Waals surface area contributed by atoms with Crippen molar-refractivity contribution in [1.82, 2.24) is 0 Å². The van der Waals surface area contributed by atoms with E-state index in [-0.39, 0.29) is 18.9 Å². The summed E-state index contributed by atoms with van der Waals surface area (Å²) < 4.78 is 44.3. The van der Waals surface area contributed by atoms with Crippen molar-refractivity contribution in [3.63, 3.8) is 0 Å². The van der Waals surface area contributed by atoms with Crippen LogP contribution in [0, 0.1) is 5.92 Å². The largest absolute Gasteiger partial charge is 0.489 e. The maximum Gasteiger partial charge on any atom is 0.391 e. The summed E-state index contributed by atoms with van der Waals surface area (Å²) in [5.74, 6) is -0.249. The second-order valence-electron chi connectivity index (χ2n) is 7.15. The van der Waals surface area contributed by atoms with E-state index in [1.165, 1.54) is 5.56 Å². The Bertz CT molecular complexity index is 746. The van der Waals surface area contributed by atoms with Gasteiger partial charge in [-0.2, -0.15) is 13.2 Å². The molecule has 0 N–H and O–H groups in total. The van der Waals surface area contributed by atoms with Gasteiger partial charge < -0.3 is 4.74 Å². The molecule has 1 nitrogen and oxygen atoms in total. The van der Waals surface area contributed by atoms with Gasteiger partial charge in [-0.05, 0) is 54.7 Å². The summed E-state index contributed by atoms with van der Waals surface area (Å²) in [6, 6.07) is 9.95. The zero-order valence-corrected chi connectivity index (χ0v) is 15.1. The molecule has 25 heavy (non-hydrogen) atoms. The average Bonchev–Trinajstić information content (AvgIpc) is 2.57. The molecule has 136 valence electrons. The van der Waals surface area contributed by atoms with Crippen LogP contribution in [0.2, 0.25) is 5.02 Å². The van der Waals surface area contributed by atoms with Crippen LogP contribution in [0.25, 0.3) is 10.8 Å². The van der Waals surface area contributed by atoms with Gasteiger partial charge in [0.15, 0.2) is 0 Å². The van der Waals surface area contributed by atoms with E-state index in [0.717, 1.165) is 10.8 Å². The first-order chi connectivity index (χ1) is 11.8. The third-order valence-electron chi connectivity index (χ3n) is 5.04. The van der Waals surface area contributed by atoms with E-state index in [1.807, 2.05) is 18.2 Å². The summed E-state index contributed by atoms with van der Waals surface area (Å²) >= 11 is 6.53. The Morgan fingerprint density at radius 3 is 2.28 bits per heavy atom. The van der Waals surface area contributed by atoms with Crippen molar-refractivity contribution in [2.24, 2.45) is 5.92 Å². The summed E-state index contributed by atoms with van der Waals surface area (Å²) in [5.41, 5.74) is 1.19. The van der Waals surface area contributed by atoms with E-state index in [1.54, 1.807) is 0 Å². The first-order valence-corrected chi connectivity index (χ1v) is 9.09. The number of rotatable bonds is 3. The van der Waals surface area contributed by atoms with Crippen molar-refractivity contribution < 1.29 is 17.9 Å². The molecule has 0 spiro atoms. The van der Waals surface area contributed by atoms with Crippen LogP contribution in [0.1, 0.15) is 51.0 Å². The Morgan fingerprint density at radius 1 is 1.04 bits per heavy atom. The SMILES string of the molecule is CC(C)c1ccc2ccc(OC3CCC(C(F)(F)F)CC3)c(Cl)c2c1. The van der Waals surface area contributed by atoms with E-state index in [2.05, 4.69) is 26.0 Å². The topological polar surface area (TPSA) is 9.23 Å². The molecule has 0 atom stereocenters. The van der Waals surface area contributed by atoms with Crippen molar-refractivity contribution >= 4 is 22.4 Å². The van der Waals surface area contributed by atoms with Crippen LogP contribution in [-0.4, -0.2) is 12.3 Å². The summed E-state index contributed by atoms with van der Waals surface area (Å²) in [6.45, 7) is 4.24. The van der Waals surface area contributed by atoms with E-state index in [4.69, 9.17) is 16.3 Å². The molecular weight excluding hydrogens is 349 g/mol. The Kier molecular flexibility index (Phi) is 5.19. The highest BCUT2D eigenvalue weighted by Crippen LogP contribution is 2.40. The quantitative estimate of drug-likeness (QED) is 0.559. The minimum atomic E-state index is -4.10. The summed E-state index contributed by atoms with van der Waals surface area (Å²) in [7, 11) is 0. The summed E-state index contributed by atoms with van der Waals surface area (Å²) in [5, 5.41) is 2.50. The van der Waals surface area contributed by atoms with Crippen molar-refractivity contribution in [2.45, 2.75) is 57.7 Å². The van der Waals surface area contributed by atoms with Crippen molar-refractivity contribution in [3.05, 3.63) is 40.9 Å². The fourth-order valence-electron chi connectivity index (χ4n) is 3.42. The van der Waals surface area contributed by atoms with Gasteiger partial charge in [-0.3, -0.25) is 0 Å². The minimum absolute atomic E-state index is 0.122. The van der Waals surface area contributed by atoms with Gasteiger partial charge in [0.25, 0.3) is 0 Å². The molecule has 0 unspecified atom stereocenters. The van der Waals surface area contributed by atoms with Gasteiger partial charge in [0.1, 0.15) is 5.75 Å². The molecule has 0 bridgehead atoms. The van der Waals surface area contributed by atoms with Gasteiger partial charge in [-0.25, -0.2) is 0 Å². The molecule has 0 heterocycles. The monoisotopic (exact) mass is 370 g/mol. The predicted molar refractivity (Wildman–Crippen MR) is 95.5 cm³/mol. The molecule has 0 radical (unpaired) electrons. The molecule has 0 aromatic heterocycles. The molecule has 0 saturated heterocycles. The molecule has 2 aromatic carbocycles. The maximum atomic E-state index is 12.8. The van der Waals surface area contributed by atoms with E-state index in [0.29, 0.717) is 29.5 Å². The van der Waals surface area contributed by atoms with Crippen LogP contribution in [0.3, 0.4) is 0 Å². The van der Waals surface area contributed by atoms with E-state index >= 15 is 0 Å². The van der Waals surface area contributed by atoms with Crippen LogP contribution in [0.5, 0.6) is 5.75 Å². The molecule has 0 aliphatic heterocycles. The van der Waals surface area contributed by atoms with Gasteiger partial charge >= 0.3 is 6.18 Å². The van der Waals surface area contributed by atoms with Crippen LogP contribution >= 0.6 is 11.6 Å². The molecule has 1 saturated carbocycles. The lowest BCUT2D eigenvalue weighted by molar-refractivity contribution is -0.185. The second-order valence-corrected chi connectivity index (χ2v) is 7.52. The molecular formula is C20H22ClF3O. The lowest BCUT2D eigenvalue weighted by Crippen LogP contribution is -2.31. The number of hydrogen-bond acceptors (Lipinski definition) is 1. The number of benzene rings is 2. The summed E-state index contributed by atoms with van der Waals surface area (Å²) in [6.07, 6.45) is -3.25. The Morgan fingerprint density at radius 2 is 1.68 bits per heavy atom. The predicted octanol–water partition coefficient (Wildman–Crippen LogP) is 7.12. The zero-order valence-electron chi connectivity index (χ0n) is 14.4. The standard InChI is InChI=1S/C20H22ClF3O/c1-12(2)14-4-3-13-5-10-18(19(21)17(13)11-14)25-16-8-6-15(7-9-16)20(22,23)24/h3-5,10-12,15-16H,6-9H2,1-2H3. The number of hydrogen-bond donors (Lipinski definition) is 0. The Labute approximate surface area is 151 Å². The number of ether oxygens (including phenoxy) is 1. The third-order valence-corrected chi connectivity index (χ3v) is 5.43. The Hall–Kier alpha value is -1.42. The molecule has 2 aromatic rings. The molecule has 1 aliphatic rings. The van der Waals surface area contributed by atoms with Gasteiger partial charge in [0, 0.05) is 5.39 Å². The first kappa shape index (κ1) is 18.4. The Balaban J connectivity index is 1.77. The normalized spacial score (nSPS) is 21.7. The fraction of sp³-hybridized carbons (Fsp3) is 0.500. The van der Waals surface area contributed by atoms with Crippen LogP contribution in [0.4, 0.5) is 13.2 Å². The average molecular weight is 371 g/mol. The van der Waals surface area contributed by atoms with Crippen molar-refractivity contribution in [2.75, 3.05) is 0 Å². The lowest BCUT2D eigenvalue weighted by atomic mass is 9.87. The molecule has 5 heteroatoms. The number of alkyl halides is 3. The van der Waals surface area contributed by atoms with Gasteiger partial charge in [0.05, 0.1) is 17.0 Å². The summed E-state index contributed by atoms with van der Waals surface area (Å²) in [4.78, 5) is 0. The number of fused-ring (bicyclic) bond motifs is 1. The second kappa shape index (κ2) is 7.06. The third kappa shape index (κ3) is 4.05. The maximum absolute atomic E-state index is 12.8. The molecule has 1 fully saturated rings. The molecule has 1 aliphatic carbocycles. The van der Waals surface area contributed by atoms with Crippen molar-refractivity contribution in [3.8, 4) is 5.75 Å². The zero-order chi connectivity index (χ0) is 18.2. The van der Waals surface area contributed by atoms with Crippen molar-refractivity contribution in [1.29, 1.82) is 0 Å². The van der Waals surface area contributed by atoms with Gasteiger partial charge in [-0.1, -0.05) is 43.6 Å². The van der Waals surface area contributed by atoms with Crippen LogP contribution < -0.4 is 4.74 Å². The minimum Gasteiger partial charge on any atom is -0.489 e. The molecule has 3 rings (SSSR count). The fourth-order valence-corrected chi connectivity index (χ4v) is 3.69. The highest BCUT2D eigenvalue weighted by Gasteiger charge is 2.41. The lowest BCUT2D eigenvalue weighted by Gasteiger charge is -2.30. The van der Waals surface area contributed by atoms with Crippen LogP contribution in [0.15, 0.2) is 30.3 Å².